The van der Waals surface area contributed by atoms with Crippen molar-refractivity contribution in [1.82, 2.24) is 9.97 Å². The maximum atomic E-state index is 9.50. The lowest BCUT2D eigenvalue weighted by molar-refractivity contribution is -0.493. The Kier molecular flexibility index (Phi) is 5.74. The van der Waals surface area contributed by atoms with Gasteiger partial charge in [-0.3, -0.25) is 4.98 Å². The average Bonchev–Trinajstić information content (AvgIpc) is 2.64. The number of nitrogens with zero attached hydrogens (tertiary/aromatic N) is 4. The van der Waals surface area contributed by atoms with Crippen LogP contribution in [0.1, 0.15) is 37.6 Å². The first-order chi connectivity index (χ1) is 12.8. The molecule has 1 fully saturated rings. The monoisotopic (exact) mass is 389 g/mol. The van der Waals surface area contributed by atoms with E-state index >= 15 is 0 Å². The molecule has 3 rings (SSSR count). The van der Waals surface area contributed by atoms with Gasteiger partial charge in [-0.25, -0.2) is 0 Å². The topological polar surface area (TPSA) is 62.4 Å². The lowest BCUT2D eigenvalue weighted by atomic mass is 9.98. The molecule has 0 unspecified atom stereocenters. The minimum atomic E-state index is -0.143. The van der Waals surface area contributed by atoms with Gasteiger partial charge in [0.05, 0.1) is 54.5 Å². The molecule has 0 amide bonds. The second kappa shape index (κ2) is 7.73. The highest BCUT2D eigenvalue weighted by atomic mass is 32.2. The summed E-state index contributed by atoms with van der Waals surface area (Å²) in [4.78, 5) is 11.8. The quantitative estimate of drug-likeness (QED) is 0.811. The van der Waals surface area contributed by atoms with Crippen molar-refractivity contribution >= 4 is 17.8 Å². The zero-order valence-corrected chi connectivity index (χ0v) is 17.8. The van der Waals surface area contributed by atoms with E-state index in [1.165, 1.54) is 5.56 Å². The smallest absolute Gasteiger partial charge is 0.346 e. The van der Waals surface area contributed by atoms with Gasteiger partial charge in [0.25, 0.3) is 5.82 Å². The molecule has 6 nitrogen and oxygen atoms in total. The minimum Gasteiger partial charge on any atom is -0.392 e. The van der Waals surface area contributed by atoms with Gasteiger partial charge in [-0.2, -0.15) is 3.97 Å². The second-order valence-electron chi connectivity index (χ2n) is 7.73. The molecule has 0 spiro atoms. The predicted molar refractivity (Wildman–Crippen MR) is 109 cm³/mol. The van der Waals surface area contributed by atoms with Crippen LogP contribution in [-0.2, 0) is 11.3 Å². The van der Waals surface area contributed by atoms with Crippen LogP contribution in [0.5, 0.6) is 0 Å². The fourth-order valence-corrected chi connectivity index (χ4v) is 4.48. The van der Waals surface area contributed by atoms with E-state index < -0.39 is 0 Å². The largest absolute Gasteiger partial charge is 0.392 e. The van der Waals surface area contributed by atoms with E-state index in [0.717, 1.165) is 28.5 Å². The van der Waals surface area contributed by atoms with Crippen molar-refractivity contribution in [2.45, 2.75) is 52.8 Å². The van der Waals surface area contributed by atoms with Gasteiger partial charge >= 0.3 is 5.82 Å². The molecule has 1 saturated heterocycles. The van der Waals surface area contributed by atoms with Crippen molar-refractivity contribution in [3.63, 3.8) is 0 Å². The van der Waals surface area contributed by atoms with Gasteiger partial charge in [-0.05, 0) is 51.2 Å². The maximum absolute atomic E-state index is 9.50. The van der Waals surface area contributed by atoms with Gasteiger partial charge < -0.3 is 14.7 Å². The van der Waals surface area contributed by atoms with E-state index in [1.807, 2.05) is 12.3 Å². The molecule has 2 aromatic rings. The fourth-order valence-electron chi connectivity index (χ4n) is 3.75. The van der Waals surface area contributed by atoms with Crippen molar-refractivity contribution in [3.8, 4) is 11.4 Å². The van der Waals surface area contributed by atoms with Gasteiger partial charge in [0.2, 0.25) is 0 Å². The van der Waals surface area contributed by atoms with E-state index in [2.05, 4.69) is 48.5 Å². The first kappa shape index (κ1) is 20.0. The van der Waals surface area contributed by atoms with Crippen LogP contribution in [-0.4, -0.2) is 46.1 Å². The Morgan fingerprint density at radius 3 is 2.74 bits per heavy atom. The van der Waals surface area contributed by atoms with Crippen LogP contribution >= 0.6 is 11.9 Å². The number of morpholine rings is 1. The molecule has 1 N–H and O–H groups in total. The third-order valence-corrected chi connectivity index (χ3v) is 5.95. The first-order valence-corrected chi connectivity index (χ1v) is 10.4. The number of hydrogen-bond acceptors (Lipinski definition) is 6. The van der Waals surface area contributed by atoms with Crippen LogP contribution < -0.4 is 8.87 Å². The fraction of sp³-hybridized carbons (Fsp3) is 0.550. The van der Waals surface area contributed by atoms with Crippen molar-refractivity contribution in [1.29, 1.82) is 0 Å². The molecule has 0 radical (unpaired) electrons. The van der Waals surface area contributed by atoms with Gasteiger partial charge in [0, 0.05) is 18.6 Å². The van der Waals surface area contributed by atoms with Crippen molar-refractivity contribution in [2.24, 2.45) is 0 Å². The molecule has 27 heavy (non-hydrogen) atoms. The molecule has 2 aromatic heterocycles. The van der Waals surface area contributed by atoms with E-state index in [0.29, 0.717) is 13.2 Å². The van der Waals surface area contributed by atoms with Gasteiger partial charge in [-0.15, -0.1) is 0 Å². The Hall–Kier alpha value is -1.70. The summed E-state index contributed by atoms with van der Waals surface area (Å²) in [6.07, 6.45) is 5.53. The third-order valence-electron chi connectivity index (χ3n) is 5.14. The maximum Gasteiger partial charge on any atom is 0.346 e. The standard InChI is InChI=1S/C20H29N4O2S/c1-13-11-26-12-20(4,5)23(13)18-14(2)15(3)24(27-6)19(22-18)17-7-16(10-25)8-21-9-17/h7-9,13,25H,10-12H2,1-6H3/q+1/t13-/m1/s1. The number of aliphatic hydroxyl groups excluding tert-OH is 1. The molecule has 0 saturated carbocycles. The Morgan fingerprint density at radius 1 is 1.37 bits per heavy atom. The molecule has 7 heteroatoms. The van der Waals surface area contributed by atoms with Gasteiger partial charge in [-0.1, -0.05) is 0 Å². The molecule has 0 aliphatic carbocycles. The molecule has 0 aromatic carbocycles. The number of anilines is 1. The number of hydrogen-bond donors (Lipinski definition) is 1. The zero-order chi connectivity index (χ0) is 19.8. The third kappa shape index (κ3) is 3.68. The number of ether oxygens (including phenoxy) is 1. The summed E-state index contributed by atoms with van der Waals surface area (Å²) in [5, 5.41) is 9.50. The summed E-state index contributed by atoms with van der Waals surface area (Å²) >= 11 is 1.62. The number of pyridine rings is 1. The molecule has 1 aliphatic heterocycles. The number of aromatic nitrogens is 3. The number of rotatable bonds is 4. The summed E-state index contributed by atoms with van der Waals surface area (Å²) in [6.45, 7) is 12.2. The summed E-state index contributed by atoms with van der Waals surface area (Å²) in [5.41, 5.74) is 3.86. The van der Waals surface area contributed by atoms with E-state index in [4.69, 9.17) is 9.72 Å². The number of aliphatic hydroxyl groups is 1. The molecular formula is C20H29N4O2S+. The SMILES string of the molecule is CS[n+]1c(-c2cncc(CO)c2)nc(N2[C@H](C)COCC2(C)C)c(C)c1C. The molecule has 3 heterocycles. The lowest BCUT2D eigenvalue weighted by Crippen LogP contribution is -2.58. The lowest BCUT2D eigenvalue weighted by Gasteiger charge is -2.46. The normalized spacial score (nSPS) is 19.4. The van der Waals surface area contributed by atoms with Crippen molar-refractivity contribution in [2.75, 3.05) is 24.4 Å². The Bertz CT molecular complexity index is 841. The second-order valence-corrected chi connectivity index (χ2v) is 8.46. The molecule has 1 atom stereocenters. The molecule has 146 valence electrons. The summed E-state index contributed by atoms with van der Waals surface area (Å²) < 4.78 is 7.93. The Balaban J connectivity index is 2.23. The Labute approximate surface area is 165 Å². The molecular weight excluding hydrogens is 360 g/mol. The average molecular weight is 390 g/mol. The predicted octanol–water partition coefficient (Wildman–Crippen LogP) is 2.67. The highest BCUT2D eigenvalue weighted by molar-refractivity contribution is 7.92. The first-order valence-electron chi connectivity index (χ1n) is 9.20. The van der Waals surface area contributed by atoms with Gasteiger partial charge in [0.15, 0.2) is 0 Å². The van der Waals surface area contributed by atoms with E-state index in [1.54, 1.807) is 24.3 Å². The molecule has 1 aliphatic rings. The Morgan fingerprint density at radius 2 is 2.11 bits per heavy atom. The molecule has 0 bridgehead atoms. The van der Waals surface area contributed by atoms with Crippen LogP contribution in [0.4, 0.5) is 5.82 Å². The van der Waals surface area contributed by atoms with Crippen LogP contribution in [0.2, 0.25) is 0 Å². The van der Waals surface area contributed by atoms with Crippen LogP contribution in [0, 0.1) is 13.8 Å². The summed E-state index contributed by atoms with van der Waals surface area (Å²) in [5.74, 6) is 1.83. The van der Waals surface area contributed by atoms with Crippen LogP contribution in [0.25, 0.3) is 11.4 Å². The van der Waals surface area contributed by atoms with E-state index in [-0.39, 0.29) is 18.2 Å². The van der Waals surface area contributed by atoms with Gasteiger partial charge in [0.1, 0.15) is 5.69 Å². The summed E-state index contributed by atoms with van der Waals surface area (Å²) in [7, 11) is 0. The highest BCUT2D eigenvalue weighted by Crippen LogP contribution is 2.33. The van der Waals surface area contributed by atoms with E-state index in [9.17, 15) is 5.11 Å². The van der Waals surface area contributed by atoms with Crippen molar-refractivity contribution < 1.29 is 13.8 Å². The highest BCUT2D eigenvalue weighted by Gasteiger charge is 2.40. The zero-order valence-electron chi connectivity index (χ0n) is 17.0. The summed E-state index contributed by atoms with van der Waals surface area (Å²) in [6, 6.07) is 2.19. The van der Waals surface area contributed by atoms with Crippen molar-refractivity contribution in [3.05, 3.63) is 35.3 Å². The van der Waals surface area contributed by atoms with Crippen LogP contribution in [0.3, 0.4) is 0 Å². The van der Waals surface area contributed by atoms with Crippen LogP contribution in [0.15, 0.2) is 18.5 Å². The minimum absolute atomic E-state index is 0.0364.